The van der Waals surface area contributed by atoms with Crippen molar-refractivity contribution >= 4 is 60.0 Å². The van der Waals surface area contributed by atoms with Gasteiger partial charge in [-0.15, -0.1) is 11.3 Å². The summed E-state index contributed by atoms with van der Waals surface area (Å²) in [5.74, 6) is -0.878. The summed E-state index contributed by atoms with van der Waals surface area (Å²) in [4.78, 5) is 14.8. The second kappa shape index (κ2) is 5.81. The molecule has 1 heterocycles. The fourth-order valence-corrected chi connectivity index (χ4v) is 3.18. The number of aromatic nitrogens is 1. The predicted molar refractivity (Wildman–Crippen MR) is 78.6 cm³/mol. The maximum atomic E-state index is 10.6. The minimum absolute atomic E-state index is 0.0559. The Balaban J connectivity index is 2.13. The van der Waals surface area contributed by atoms with Gasteiger partial charge in [-0.2, -0.15) is 0 Å². The third-order valence-corrected chi connectivity index (χ3v) is 4.01. The Morgan fingerprint density at radius 2 is 2.22 bits per heavy atom. The highest BCUT2D eigenvalue weighted by Gasteiger charge is 2.07. The van der Waals surface area contributed by atoms with E-state index in [9.17, 15) is 4.79 Å². The molecule has 0 aliphatic rings. The quantitative estimate of drug-likeness (QED) is 0.825. The lowest BCUT2D eigenvalue weighted by atomic mass is 10.3. The fourth-order valence-electron chi connectivity index (χ4n) is 1.31. The van der Waals surface area contributed by atoms with Crippen molar-refractivity contribution in [2.24, 2.45) is 0 Å². The van der Waals surface area contributed by atoms with Crippen LogP contribution in [0.4, 0.5) is 10.8 Å². The zero-order valence-corrected chi connectivity index (χ0v) is 13.0. The van der Waals surface area contributed by atoms with Crippen LogP contribution in [-0.4, -0.2) is 16.1 Å². The Morgan fingerprint density at radius 1 is 1.44 bits per heavy atom. The van der Waals surface area contributed by atoms with Crippen LogP contribution in [0.1, 0.15) is 5.69 Å². The molecule has 0 bridgehead atoms. The molecule has 0 amide bonds. The van der Waals surface area contributed by atoms with Gasteiger partial charge in [0, 0.05) is 14.3 Å². The molecule has 2 N–H and O–H groups in total. The summed E-state index contributed by atoms with van der Waals surface area (Å²) in [6, 6.07) is 5.75. The lowest BCUT2D eigenvalue weighted by molar-refractivity contribution is -0.136. The standard InChI is InChI=1S/C11H8Br2N2O2S/c12-6-1-2-9(8(13)3-6)15-11-14-7(5-18-11)4-10(16)17/h1-3,5H,4H2,(H,14,15)(H,16,17). The maximum absolute atomic E-state index is 10.6. The number of rotatable bonds is 4. The van der Waals surface area contributed by atoms with Crippen LogP contribution in [0.2, 0.25) is 0 Å². The van der Waals surface area contributed by atoms with Crippen LogP contribution in [0.15, 0.2) is 32.5 Å². The molecular formula is C11H8Br2N2O2S. The SMILES string of the molecule is O=C(O)Cc1csc(Nc2ccc(Br)cc2Br)n1. The molecule has 0 saturated heterocycles. The second-order valence-corrected chi connectivity index (χ2v) is 6.09. The van der Waals surface area contributed by atoms with Crippen molar-refractivity contribution < 1.29 is 9.90 Å². The highest BCUT2D eigenvalue weighted by molar-refractivity contribution is 9.11. The molecule has 2 aromatic rings. The Kier molecular flexibility index (Phi) is 4.36. The van der Waals surface area contributed by atoms with Crippen molar-refractivity contribution in [3.05, 3.63) is 38.2 Å². The molecule has 0 saturated carbocycles. The van der Waals surface area contributed by atoms with E-state index in [1.54, 1.807) is 5.38 Å². The predicted octanol–water partition coefficient (Wildman–Crippen LogP) is 4.04. The third kappa shape index (κ3) is 3.54. The first kappa shape index (κ1) is 13.5. The first-order valence-electron chi connectivity index (χ1n) is 4.93. The number of hydrogen-bond donors (Lipinski definition) is 2. The van der Waals surface area contributed by atoms with E-state index in [1.165, 1.54) is 11.3 Å². The van der Waals surface area contributed by atoms with Crippen LogP contribution in [-0.2, 0) is 11.2 Å². The lowest BCUT2D eigenvalue weighted by Crippen LogP contribution is -2.00. The van der Waals surface area contributed by atoms with E-state index in [2.05, 4.69) is 42.2 Å². The molecule has 7 heteroatoms. The Morgan fingerprint density at radius 3 is 2.89 bits per heavy atom. The summed E-state index contributed by atoms with van der Waals surface area (Å²) in [5.41, 5.74) is 1.44. The van der Waals surface area contributed by atoms with Gasteiger partial charge in [-0.25, -0.2) is 4.98 Å². The van der Waals surface area contributed by atoms with Crippen molar-refractivity contribution in [3.63, 3.8) is 0 Å². The van der Waals surface area contributed by atoms with Crippen molar-refractivity contribution in [1.29, 1.82) is 0 Å². The molecule has 0 fully saturated rings. The molecule has 0 aliphatic heterocycles. The summed E-state index contributed by atoms with van der Waals surface area (Å²) >= 11 is 8.20. The number of aliphatic carboxylic acids is 1. The number of carboxylic acid groups (broad SMARTS) is 1. The monoisotopic (exact) mass is 390 g/mol. The first-order chi connectivity index (χ1) is 8.54. The van der Waals surface area contributed by atoms with Gasteiger partial charge in [-0.1, -0.05) is 15.9 Å². The van der Waals surface area contributed by atoms with Crippen molar-refractivity contribution in [2.75, 3.05) is 5.32 Å². The van der Waals surface area contributed by atoms with E-state index in [0.29, 0.717) is 10.8 Å². The summed E-state index contributed by atoms with van der Waals surface area (Å²) < 4.78 is 1.89. The zero-order valence-electron chi connectivity index (χ0n) is 8.98. The average Bonchev–Trinajstić information content (AvgIpc) is 2.69. The summed E-state index contributed by atoms with van der Waals surface area (Å²) in [5, 5.41) is 14.2. The topological polar surface area (TPSA) is 62.2 Å². The number of carboxylic acids is 1. The van der Waals surface area contributed by atoms with E-state index in [4.69, 9.17) is 5.11 Å². The van der Waals surface area contributed by atoms with E-state index in [-0.39, 0.29) is 6.42 Å². The molecule has 2 rings (SSSR count). The highest BCUT2D eigenvalue weighted by Crippen LogP contribution is 2.30. The summed E-state index contributed by atoms with van der Waals surface area (Å²) in [6.45, 7) is 0. The van der Waals surface area contributed by atoms with Gasteiger partial charge in [0.1, 0.15) is 0 Å². The molecule has 4 nitrogen and oxygen atoms in total. The molecule has 0 radical (unpaired) electrons. The van der Waals surface area contributed by atoms with Crippen LogP contribution in [0.5, 0.6) is 0 Å². The largest absolute Gasteiger partial charge is 0.481 e. The molecule has 0 atom stereocenters. The van der Waals surface area contributed by atoms with E-state index in [1.807, 2.05) is 18.2 Å². The molecule has 0 unspecified atom stereocenters. The third-order valence-electron chi connectivity index (χ3n) is 2.06. The minimum Gasteiger partial charge on any atom is -0.481 e. The van der Waals surface area contributed by atoms with Crippen LogP contribution >= 0.6 is 43.2 Å². The van der Waals surface area contributed by atoms with Gasteiger partial charge in [-0.05, 0) is 34.1 Å². The second-order valence-electron chi connectivity index (χ2n) is 3.46. The smallest absolute Gasteiger partial charge is 0.309 e. The number of hydrogen-bond acceptors (Lipinski definition) is 4. The lowest BCUT2D eigenvalue weighted by Gasteiger charge is -2.05. The molecule has 1 aromatic carbocycles. The molecule has 0 spiro atoms. The van der Waals surface area contributed by atoms with Gasteiger partial charge in [0.05, 0.1) is 17.8 Å². The molecular weight excluding hydrogens is 384 g/mol. The normalized spacial score (nSPS) is 10.3. The van der Waals surface area contributed by atoms with E-state index < -0.39 is 5.97 Å². The minimum atomic E-state index is -0.878. The number of carbonyl (C=O) groups is 1. The van der Waals surface area contributed by atoms with Crippen molar-refractivity contribution in [2.45, 2.75) is 6.42 Å². The number of halogens is 2. The van der Waals surface area contributed by atoms with Gasteiger partial charge in [0.25, 0.3) is 0 Å². The van der Waals surface area contributed by atoms with Crippen LogP contribution < -0.4 is 5.32 Å². The van der Waals surface area contributed by atoms with Crippen molar-refractivity contribution in [3.8, 4) is 0 Å². The Labute approximate surface area is 124 Å². The van der Waals surface area contributed by atoms with E-state index in [0.717, 1.165) is 14.6 Å². The number of nitrogens with zero attached hydrogens (tertiary/aromatic N) is 1. The number of anilines is 2. The highest BCUT2D eigenvalue weighted by atomic mass is 79.9. The molecule has 1 aromatic heterocycles. The maximum Gasteiger partial charge on any atom is 0.309 e. The Bertz CT molecular complexity index is 586. The first-order valence-corrected chi connectivity index (χ1v) is 7.39. The molecule has 94 valence electrons. The molecule has 18 heavy (non-hydrogen) atoms. The average molecular weight is 392 g/mol. The summed E-state index contributed by atoms with van der Waals surface area (Å²) in [6.07, 6.45) is -0.0559. The van der Waals surface area contributed by atoms with Crippen LogP contribution in [0.25, 0.3) is 0 Å². The summed E-state index contributed by atoms with van der Waals surface area (Å²) in [7, 11) is 0. The van der Waals surface area contributed by atoms with Gasteiger partial charge in [0.2, 0.25) is 0 Å². The van der Waals surface area contributed by atoms with E-state index >= 15 is 0 Å². The Hall–Kier alpha value is -0.920. The number of thiazole rings is 1. The van der Waals surface area contributed by atoms with Gasteiger partial charge in [0.15, 0.2) is 5.13 Å². The number of benzene rings is 1. The zero-order chi connectivity index (χ0) is 13.1. The van der Waals surface area contributed by atoms with Crippen molar-refractivity contribution in [1.82, 2.24) is 4.98 Å². The van der Waals surface area contributed by atoms with Gasteiger partial charge in [-0.3, -0.25) is 4.79 Å². The molecule has 0 aliphatic carbocycles. The van der Waals surface area contributed by atoms with Gasteiger partial charge < -0.3 is 10.4 Å². The van der Waals surface area contributed by atoms with Crippen LogP contribution in [0, 0.1) is 0 Å². The van der Waals surface area contributed by atoms with Crippen LogP contribution in [0.3, 0.4) is 0 Å². The number of nitrogens with one attached hydrogen (secondary N) is 1. The van der Waals surface area contributed by atoms with Gasteiger partial charge >= 0.3 is 5.97 Å². The fraction of sp³-hybridized carbons (Fsp3) is 0.0909.